The Hall–Kier alpha value is -1.54. The number of anilines is 1. The summed E-state index contributed by atoms with van der Waals surface area (Å²) in [5.74, 6) is 2.13. The van der Waals surface area contributed by atoms with Crippen LogP contribution in [0.1, 0.15) is 18.7 Å². The summed E-state index contributed by atoms with van der Waals surface area (Å²) in [6.45, 7) is 6.89. The maximum atomic E-state index is 5.49. The van der Waals surface area contributed by atoms with Gasteiger partial charge in [0.1, 0.15) is 30.3 Å². The number of ether oxygens (including phenoxy) is 1. The van der Waals surface area contributed by atoms with Crippen molar-refractivity contribution in [2.24, 2.45) is 0 Å². The molecular weight excluding hydrogens is 364 g/mol. The van der Waals surface area contributed by atoms with Gasteiger partial charge in [0, 0.05) is 28.9 Å². The molecule has 1 N–H and O–H groups in total. The summed E-state index contributed by atoms with van der Waals surface area (Å²) in [5.41, 5.74) is 1.30. The van der Waals surface area contributed by atoms with Crippen molar-refractivity contribution in [3.63, 3.8) is 0 Å². The molecule has 5 rings (SSSR count). The molecule has 7 heteroatoms. The molecule has 2 aliphatic rings. The van der Waals surface area contributed by atoms with E-state index in [0.717, 1.165) is 62.4 Å². The normalized spacial score (nSPS) is 18.8. The monoisotopic (exact) mass is 387 g/mol. The van der Waals surface area contributed by atoms with E-state index < -0.39 is 0 Å². The van der Waals surface area contributed by atoms with Crippen molar-refractivity contribution in [2.75, 3.05) is 44.3 Å². The highest BCUT2D eigenvalue weighted by molar-refractivity contribution is 7.18. The van der Waals surface area contributed by atoms with E-state index in [2.05, 4.69) is 27.8 Å². The zero-order valence-corrected chi connectivity index (χ0v) is 16.4. The molecule has 2 saturated heterocycles. The van der Waals surface area contributed by atoms with Gasteiger partial charge < -0.3 is 14.5 Å². The summed E-state index contributed by atoms with van der Waals surface area (Å²) in [7, 11) is 0. The number of quaternary nitrogens is 1. The maximum Gasteiger partial charge on any atom is 0.187 e. The number of nitrogens with zero attached hydrogens (tertiary/aromatic N) is 3. The second kappa shape index (κ2) is 7.23. The Morgan fingerprint density at radius 1 is 1.12 bits per heavy atom. The van der Waals surface area contributed by atoms with Gasteiger partial charge in [-0.05, 0) is 24.3 Å². The van der Waals surface area contributed by atoms with Gasteiger partial charge in [-0.15, -0.1) is 22.7 Å². The van der Waals surface area contributed by atoms with Gasteiger partial charge in [0.2, 0.25) is 0 Å². The van der Waals surface area contributed by atoms with Crippen LogP contribution in [-0.4, -0.2) is 49.4 Å². The minimum absolute atomic E-state index is 0.845. The summed E-state index contributed by atoms with van der Waals surface area (Å²) >= 11 is 3.55. The number of fused-ring (bicyclic) bond motifs is 1. The Labute approximate surface area is 161 Å². The van der Waals surface area contributed by atoms with Crippen LogP contribution in [0.5, 0.6) is 0 Å². The SMILES string of the molecule is c1csc(-c2csc3nc(C[NH+]4CCOCC4)nc(N4CCCC4)c23)c1. The Kier molecular flexibility index (Phi) is 4.62. The lowest BCUT2D eigenvalue weighted by molar-refractivity contribution is -0.922. The van der Waals surface area contributed by atoms with Gasteiger partial charge in [-0.1, -0.05) is 6.07 Å². The van der Waals surface area contributed by atoms with E-state index in [1.807, 2.05) is 0 Å². The molecule has 0 saturated carbocycles. The Balaban J connectivity index is 1.58. The van der Waals surface area contributed by atoms with E-state index in [-0.39, 0.29) is 0 Å². The molecule has 0 spiro atoms. The number of rotatable bonds is 4. The molecule has 0 amide bonds. The first kappa shape index (κ1) is 16.6. The van der Waals surface area contributed by atoms with Crippen LogP contribution in [0.2, 0.25) is 0 Å². The van der Waals surface area contributed by atoms with Gasteiger partial charge in [-0.3, -0.25) is 0 Å². The predicted octanol–water partition coefficient (Wildman–Crippen LogP) is 2.44. The zero-order valence-electron chi connectivity index (χ0n) is 14.7. The zero-order chi connectivity index (χ0) is 17.3. The van der Waals surface area contributed by atoms with E-state index in [9.17, 15) is 0 Å². The third kappa shape index (κ3) is 3.13. The highest BCUT2D eigenvalue weighted by atomic mass is 32.1. The molecule has 0 atom stereocenters. The number of aromatic nitrogens is 2. The largest absolute Gasteiger partial charge is 0.370 e. The number of thiophene rings is 2. The number of morpholine rings is 1. The molecule has 0 aliphatic carbocycles. The summed E-state index contributed by atoms with van der Waals surface area (Å²) in [6, 6.07) is 4.32. The predicted molar refractivity (Wildman–Crippen MR) is 107 cm³/mol. The number of nitrogens with one attached hydrogen (secondary N) is 1. The van der Waals surface area contributed by atoms with Gasteiger partial charge in [-0.25, -0.2) is 9.97 Å². The smallest absolute Gasteiger partial charge is 0.187 e. The lowest BCUT2D eigenvalue weighted by Crippen LogP contribution is -3.12. The van der Waals surface area contributed by atoms with Crippen molar-refractivity contribution in [3.05, 3.63) is 28.7 Å². The third-order valence-corrected chi connectivity index (χ3v) is 7.04. The molecular formula is C19H23N4OS2+. The van der Waals surface area contributed by atoms with Gasteiger partial charge in [0.15, 0.2) is 5.82 Å². The van der Waals surface area contributed by atoms with E-state index >= 15 is 0 Å². The lowest BCUT2D eigenvalue weighted by Gasteiger charge is -2.24. The van der Waals surface area contributed by atoms with Crippen molar-refractivity contribution in [3.8, 4) is 10.4 Å². The van der Waals surface area contributed by atoms with Crippen LogP contribution in [0.15, 0.2) is 22.9 Å². The minimum Gasteiger partial charge on any atom is -0.370 e. The molecule has 3 aromatic rings. The Morgan fingerprint density at radius 3 is 2.73 bits per heavy atom. The fourth-order valence-corrected chi connectivity index (χ4v) is 5.65. The highest BCUT2D eigenvalue weighted by Crippen LogP contribution is 2.40. The number of hydrogen-bond donors (Lipinski definition) is 1. The Bertz CT molecular complexity index is 880. The quantitative estimate of drug-likeness (QED) is 0.747. The van der Waals surface area contributed by atoms with Crippen molar-refractivity contribution in [1.29, 1.82) is 0 Å². The fourth-order valence-electron chi connectivity index (χ4n) is 3.88. The van der Waals surface area contributed by atoms with Crippen molar-refractivity contribution < 1.29 is 9.64 Å². The van der Waals surface area contributed by atoms with Crippen LogP contribution < -0.4 is 9.80 Å². The summed E-state index contributed by atoms with van der Waals surface area (Å²) in [4.78, 5) is 16.5. The molecule has 2 aliphatic heterocycles. The van der Waals surface area contributed by atoms with Crippen LogP contribution in [0.3, 0.4) is 0 Å². The van der Waals surface area contributed by atoms with Crippen LogP contribution in [0.4, 0.5) is 5.82 Å². The molecule has 26 heavy (non-hydrogen) atoms. The first-order chi connectivity index (χ1) is 12.9. The van der Waals surface area contributed by atoms with Gasteiger partial charge in [-0.2, -0.15) is 0 Å². The topological polar surface area (TPSA) is 42.7 Å². The van der Waals surface area contributed by atoms with E-state index in [4.69, 9.17) is 14.7 Å². The van der Waals surface area contributed by atoms with Crippen LogP contribution in [0, 0.1) is 0 Å². The average Bonchev–Trinajstić information content (AvgIpc) is 3.42. The van der Waals surface area contributed by atoms with Crippen LogP contribution in [0.25, 0.3) is 20.7 Å². The van der Waals surface area contributed by atoms with Crippen molar-refractivity contribution >= 4 is 38.7 Å². The third-order valence-electron chi connectivity index (χ3n) is 5.26. The number of hydrogen-bond acceptors (Lipinski definition) is 6. The molecule has 0 bridgehead atoms. The standard InChI is InChI=1S/C19H22N4OS2/c1-2-6-23(5-1)18-17-14(15-4-3-11-25-15)13-26-19(17)21-16(20-18)12-22-7-9-24-10-8-22/h3-4,11,13H,1-2,5-10,12H2/p+1. The van der Waals surface area contributed by atoms with Crippen LogP contribution in [-0.2, 0) is 11.3 Å². The molecule has 2 fully saturated rings. The second-order valence-electron chi connectivity index (χ2n) is 7.00. The highest BCUT2D eigenvalue weighted by Gasteiger charge is 2.24. The fraction of sp³-hybridized carbons (Fsp3) is 0.474. The molecule has 0 radical (unpaired) electrons. The van der Waals surface area contributed by atoms with Gasteiger partial charge in [0.25, 0.3) is 0 Å². The minimum atomic E-state index is 0.845. The first-order valence-corrected chi connectivity index (χ1v) is 11.1. The Morgan fingerprint density at radius 2 is 1.96 bits per heavy atom. The molecule has 3 aromatic heterocycles. The molecule has 5 nitrogen and oxygen atoms in total. The summed E-state index contributed by atoms with van der Waals surface area (Å²) in [5, 5.41) is 5.65. The van der Waals surface area contributed by atoms with E-state index in [1.165, 1.54) is 33.6 Å². The van der Waals surface area contributed by atoms with E-state index in [0.29, 0.717) is 0 Å². The molecule has 0 aromatic carbocycles. The lowest BCUT2D eigenvalue weighted by atomic mass is 10.2. The van der Waals surface area contributed by atoms with Crippen LogP contribution >= 0.6 is 22.7 Å². The first-order valence-electron chi connectivity index (χ1n) is 9.37. The summed E-state index contributed by atoms with van der Waals surface area (Å²) in [6.07, 6.45) is 2.52. The van der Waals surface area contributed by atoms with E-state index in [1.54, 1.807) is 22.7 Å². The van der Waals surface area contributed by atoms with Gasteiger partial charge in [0.05, 0.1) is 18.6 Å². The molecule has 5 heterocycles. The average molecular weight is 388 g/mol. The molecule has 0 unspecified atom stereocenters. The summed E-state index contributed by atoms with van der Waals surface area (Å²) < 4.78 is 5.49. The maximum absolute atomic E-state index is 5.49. The molecule has 136 valence electrons. The van der Waals surface area contributed by atoms with Crippen molar-refractivity contribution in [2.45, 2.75) is 19.4 Å². The van der Waals surface area contributed by atoms with Gasteiger partial charge >= 0.3 is 0 Å². The second-order valence-corrected chi connectivity index (χ2v) is 8.81. The van der Waals surface area contributed by atoms with Crippen molar-refractivity contribution in [1.82, 2.24) is 9.97 Å².